The molecule has 0 fully saturated rings. The van der Waals surface area contributed by atoms with Gasteiger partial charge in [-0.2, -0.15) is 0 Å². The third-order valence-corrected chi connectivity index (χ3v) is 4.54. The highest BCUT2D eigenvalue weighted by Gasteiger charge is 2.14. The number of aryl methyl sites for hydroxylation is 3. The molecule has 0 aliphatic rings. The summed E-state index contributed by atoms with van der Waals surface area (Å²) in [6, 6.07) is 9.26. The zero-order valence-corrected chi connectivity index (χ0v) is 13.8. The Morgan fingerprint density at radius 3 is 2.64 bits per heavy atom. The minimum atomic E-state index is -0.452. The monoisotopic (exact) mass is 317 g/mol. The molecule has 1 aromatic carbocycles. The van der Waals surface area contributed by atoms with E-state index in [0.717, 1.165) is 22.4 Å². The van der Waals surface area contributed by atoms with Crippen molar-refractivity contribution in [2.24, 2.45) is 0 Å². The second-order valence-corrected chi connectivity index (χ2v) is 6.20. The average Bonchev–Trinajstić information content (AvgIpc) is 2.86. The molecular formula is C17H19NO3S. The van der Waals surface area contributed by atoms with Gasteiger partial charge in [0, 0.05) is 10.6 Å². The van der Waals surface area contributed by atoms with Crippen molar-refractivity contribution < 1.29 is 14.3 Å². The number of hydrogen-bond donors (Lipinski definition) is 1. The molecule has 0 unspecified atom stereocenters. The predicted molar refractivity (Wildman–Crippen MR) is 88.5 cm³/mol. The van der Waals surface area contributed by atoms with Crippen LogP contribution in [0.3, 0.4) is 0 Å². The number of esters is 1. The number of anilines is 1. The Morgan fingerprint density at radius 2 is 2.00 bits per heavy atom. The Balaban J connectivity index is 1.89. The van der Waals surface area contributed by atoms with Crippen LogP contribution in [-0.4, -0.2) is 18.5 Å². The standard InChI is InChI=1S/C17H19NO3S/c1-4-14-12(3)9-15(22-14)17(20)21-10-16(19)18-13-7-5-6-11(2)8-13/h5-9H,4,10H2,1-3H3,(H,18,19). The van der Waals surface area contributed by atoms with Crippen molar-refractivity contribution >= 4 is 28.9 Å². The predicted octanol–water partition coefficient (Wildman–Crippen LogP) is 3.72. The van der Waals surface area contributed by atoms with Gasteiger partial charge in [-0.1, -0.05) is 19.1 Å². The molecule has 2 rings (SSSR count). The molecule has 1 heterocycles. The Hall–Kier alpha value is -2.14. The Bertz CT molecular complexity index is 691. The van der Waals surface area contributed by atoms with Crippen molar-refractivity contribution in [3.05, 3.63) is 51.2 Å². The molecule has 0 bridgehead atoms. The number of hydrogen-bond acceptors (Lipinski definition) is 4. The molecule has 5 heteroatoms. The van der Waals surface area contributed by atoms with E-state index >= 15 is 0 Å². The van der Waals surface area contributed by atoms with Crippen LogP contribution in [0.25, 0.3) is 0 Å². The molecule has 2 aromatic rings. The SMILES string of the molecule is CCc1sc(C(=O)OCC(=O)Nc2cccc(C)c2)cc1C. The molecule has 1 aromatic heterocycles. The van der Waals surface area contributed by atoms with Crippen molar-refractivity contribution in [3.63, 3.8) is 0 Å². The van der Waals surface area contributed by atoms with Crippen LogP contribution in [-0.2, 0) is 16.0 Å². The normalized spacial score (nSPS) is 10.3. The second-order valence-electron chi connectivity index (χ2n) is 5.06. The lowest BCUT2D eigenvalue weighted by atomic mass is 10.2. The first-order chi connectivity index (χ1) is 10.5. The van der Waals surface area contributed by atoms with Crippen LogP contribution in [0.4, 0.5) is 5.69 Å². The fourth-order valence-corrected chi connectivity index (χ4v) is 3.10. The zero-order valence-electron chi connectivity index (χ0n) is 12.9. The van der Waals surface area contributed by atoms with Gasteiger partial charge in [0.1, 0.15) is 4.88 Å². The van der Waals surface area contributed by atoms with Crippen molar-refractivity contribution in [1.82, 2.24) is 0 Å². The molecule has 22 heavy (non-hydrogen) atoms. The number of nitrogens with one attached hydrogen (secondary N) is 1. The maximum Gasteiger partial charge on any atom is 0.348 e. The molecule has 0 aliphatic heterocycles. The number of rotatable bonds is 5. The molecule has 116 valence electrons. The van der Waals surface area contributed by atoms with E-state index in [9.17, 15) is 9.59 Å². The number of amides is 1. The van der Waals surface area contributed by atoms with Gasteiger partial charge in [-0.3, -0.25) is 4.79 Å². The van der Waals surface area contributed by atoms with Crippen molar-refractivity contribution in [3.8, 4) is 0 Å². The summed E-state index contributed by atoms with van der Waals surface area (Å²) in [5.74, 6) is -0.796. The Labute approximate surface area is 134 Å². The number of ether oxygens (including phenoxy) is 1. The fraction of sp³-hybridized carbons (Fsp3) is 0.294. The van der Waals surface area contributed by atoms with Crippen LogP contribution < -0.4 is 5.32 Å². The van der Waals surface area contributed by atoms with Crippen LogP contribution in [0.5, 0.6) is 0 Å². The number of carbonyl (C=O) groups is 2. The van der Waals surface area contributed by atoms with E-state index in [0.29, 0.717) is 10.6 Å². The summed E-state index contributed by atoms with van der Waals surface area (Å²) in [6.07, 6.45) is 0.887. The van der Waals surface area contributed by atoms with Gasteiger partial charge in [0.25, 0.3) is 5.91 Å². The van der Waals surface area contributed by atoms with Crippen molar-refractivity contribution in [1.29, 1.82) is 0 Å². The lowest BCUT2D eigenvalue weighted by Crippen LogP contribution is -2.20. The van der Waals surface area contributed by atoms with Crippen LogP contribution in [0.2, 0.25) is 0 Å². The Morgan fingerprint density at radius 1 is 1.23 bits per heavy atom. The maximum absolute atomic E-state index is 11.9. The molecule has 0 aliphatic carbocycles. The summed E-state index contributed by atoms with van der Waals surface area (Å²) < 4.78 is 5.06. The van der Waals surface area contributed by atoms with E-state index in [-0.39, 0.29) is 12.5 Å². The van der Waals surface area contributed by atoms with Gasteiger partial charge in [-0.05, 0) is 49.6 Å². The highest BCUT2D eigenvalue weighted by Crippen LogP contribution is 2.23. The van der Waals surface area contributed by atoms with E-state index in [1.54, 1.807) is 6.07 Å². The number of carbonyl (C=O) groups excluding carboxylic acids is 2. The molecule has 0 saturated heterocycles. The molecule has 4 nitrogen and oxygen atoms in total. The lowest BCUT2D eigenvalue weighted by molar-refractivity contribution is -0.119. The molecule has 0 radical (unpaired) electrons. The Kier molecular flexibility index (Phi) is 5.33. The quantitative estimate of drug-likeness (QED) is 0.855. The van der Waals surface area contributed by atoms with Crippen LogP contribution >= 0.6 is 11.3 Å². The fourth-order valence-electron chi connectivity index (χ4n) is 2.09. The first-order valence-electron chi connectivity index (χ1n) is 7.12. The second kappa shape index (κ2) is 7.22. The topological polar surface area (TPSA) is 55.4 Å². The summed E-state index contributed by atoms with van der Waals surface area (Å²) in [5.41, 5.74) is 2.83. The summed E-state index contributed by atoms with van der Waals surface area (Å²) in [5, 5.41) is 2.70. The summed E-state index contributed by atoms with van der Waals surface area (Å²) in [6.45, 7) is 5.67. The largest absolute Gasteiger partial charge is 0.451 e. The van der Waals surface area contributed by atoms with Gasteiger partial charge in [0.15, 0.2) is 6.61 Å². The highest BCUT2D eigenvalue weighted by atomic mass is 32.1. The van der Waals surface area contributed by atoms with E-state index in [4.69, 9.17) is 4.74 Å². The third kappa shape index (κ3) is 4.18. The van der Waals surface area contributed by atoms with Gasteiger partial charge >= 0.3 is 5.97 Å². The highest BCUT2D eigenvalue weighted by molar-refractivity contribution is 7.14. The van der Waals surface area contributed by atoms with Gasteiger partial charge in [-0.25, -0.2) is 4.79 Å². The minimum Gasteiger partial charge on any atom is -0.451 e. The van der Waals surface area contributed by atoms with Gasteiger partial charge in [0.2, 0.25) is 0 Å². The third-order valence-electron chi connectivity index (χ3n) is 3.18. The maximum atomic E-state index is 11.9. The average molecular weight is 317 g/mol. The number of thiophene rings is 1. The summed E-state index contributed by atoms with van der Waals surface area (Å²) in [7, 11) is 0. The molecule has 1 amide bonds. The molecular weight excluding hydrogens is 298 g/mol. The number of benzene rings is 1. The van der Waals surface area contributed by atoms with Crippen LogP contribution in [0, 0.1) is 13.8 Å². The molecule has 0 spiro atoms. The smallest absolute Gasteiger partial charge is 0.348 e. The first-order valence-corrected chi connectivity index (χ1v) is 7.94. The molecule has 0 saturated carbocycles. The van der Waals surface area contributed by atoms with E-state index in [1.807, 2.05) is 45.0 Å². The van der Waals surface area contributed by atoms with Gasteiger partial charge in [0.05, 0.1) is 0 Å². The first kappa shape index (κ1) is 16.2. The van der Waals surface area contributed by atoms with Crippen LogP contribution in [0.15, 0.2) is 30.3 Å². The van der Waals surface area contributed by atoms with E-state index in [2.05, 4.69) is 5.32 Å². The van der Waals surface area contributed by atoms with Crippen molar-refractivity contribution in [2.45, 2.75) is 27.2 Å². The van der Waals surface area contributed by atoms with Gasteiger partial charge < -0.3 is 10.1 Å². The van der Waals surface area contributed by atoms with Crippen LogP contribution in [0.1, 0.15) is 32.6 Å². The minimum absolute atomic E-state index is 0.287. The lowest BCUT2D eigenvalue weighted by Gasteiger charge is -2.06. The molecule has 1 N–H and O–H groups in total. The summed E-state index contributed by atoms with van der Waals surface area (Å²) in [4.78, 5) is 25.5. The summed E-state index contributed by atoms with van der Waals surface area (Å²) >= 11 is 1.42. The van der Waals surface area contributed by atoms with E-state index in [1.165, 1.54) is 11.3 Å². The van der Waals surface area contributed by atoms with Crippen molar-refractivity contribution in [2.75, 3.05) is 11.9 Å². The van der Waals surface area contributed by atoms with E-state index < -0.39 is 5.97 Å². The molecule has 0 atom stereocenters. The zero-order chi connectivity index (χ0) is 16.1. The van der Waals surface area contributed by atoms with Gasteiger partial charge in [-0.15, -0.1) is 11.3 Å².